The fourth-order valence-electron chi connectivity index (χ4n) is 1.62. The van der Waals surface area contributed by atoms with E-state index in [0.717, 1.165) is 5.69 Å². The van der Waals surface area contributed by atoms with Crippen LogP contribution in [0.25, 0.3) is 0 Å². The van der Waals surface area contributed by atoms with Crippen LogP contribution in [0.3, 0.4) is 0 Å². The number of halogens is 1. The van der Waals surface area contributed by atoms with Crippen LogP contribution in [0.2, 0.25) is 5.02 Å². The summed E-state index contributed by atoms with van der Waals surface area (Å²) in [4.78, 5) is 17.9. The zero-order valence-electron chi connectivity index (χ0n) is 11.2. The third-order valence-electron chi connectivity index (χ3n) is 2.77. The monoisotopic (exact) mass is 290 g/mol. The molecule has 0 atom stereocenters. The lowest BCUT2D eigenvalue weighted by Crippen LogP contribution is -2.13. The number of hydrogen-bond donors (Lipinski definition) is 2. The first-order valence-corrected chi connectivity index (χ1v) is 6.35. The summed E-state index contributed by atoms with van der Waals surface area (Å²) < 4.78 is 0. The normalized spacial score (nSPS) is 10.2. The molecule has 104 valence electrons. The van der Waals surface area contributed by atoms with Crippen molar-refractivity contribution in [2.75, 3.05) is 30.0 Å². The molecular weight excluding hydrogens is 276 g/mol. The van der Waals surface area contributed by atoms with E-state index >= 15 is 0 Å². The number of nitrogens with two attached hydrogens (primary N) is 1. The van der Waals surface area contributed by atoms with Crippen LogP contribution >= 0.6 is 11.6 Å². The first kappa shape index (κ1) is 14.1. The second-order valence-electron chi connectivity index (χ2n) is 4.49. The van der Waals surface area contributed by atoms with Crippen molar-refractivity contribution in [1.82, 2.24) is 4.98 Å². The van der Waals surface area contributed by atoms with Gasteiger partial charge >= 0.3 is 0 Å². The van der Waals surface area contributed by atoms with Crippen LogP contribution in [0.4, 0.5) is 17.2 Å². The minimum absolute atomic E-state index is 0.207. The highest BCUT2D eigenvalue weighted by atomic mass is 35.5. The maximum absolute atomic E-state index is 12.0. The second kappa shape index (κ2) is 5.79. The van der Waals surface area contributed by atoms with Crippen molar-refractivity contribution in [2.45, 2.75) is 0 Å². The van der Waals surface area contributed by atoms with Gasteiger partial charge in [-0.1, -0.05) is 11.6 Å². The number of anilines is 3. The van der Waals surface area contributed by atoms with E-state index in [1.54, 1.807) is 0 Å². The molecular formula is C14H15ClN4O. The molecule has 0 radical (unpaired) electrons. The SMILES string of the molecule is CN(C)c1ccc(NC(=O)c2cnc(N)c(Cl)c2)cc1. The molecule has 2 rings (SSSR count). The first-order chi connectivity index (χ1) is 9.47. The van der Waals surface area contributed by atoms with Gasteiger partial charge in [0.05, 0.1) is 10.6 Å². The lowest BCUT2D eigenvalue weighted by molar-refractivity contribution is 0.102. The quantitative estimate of drug-likeness (QED) is 0.911. The highest BCUT2D eigenvalue weighted by molar-refractivity contribution is 6.33. The van der Waals surface area contributed by atoms with Crippen molar-refractivity contribution in [3.05, 3.63) is 47.1 Å². The Kier molecular flexibility index (Phi) is 4.10. The summed E-state index contributed by atoms with van der Waals surface area (Å²) in [7, 11) is 3.91. The molecule has 0 spiro atoms. The molecule has 20 heavy (non-hydrogen) atoms. The van der Waals surface area contributed by atoms with Crippen LogP contribution in [0, 0.1) is 0 Å². The smallest absolute Gasteiger partial charge is 0.257 e. The van der Waals surface area contributed by atoms with E-state index < -0.39 is 0 Å². The highest BCUT2D eigenvalue weighted by Gasteiger charge is 2.09. The molecule has 2 aromatic rings. The number of nitrogens with one attached hydrogen (secondary N) is 1. The summed E-state index contributed by atoms with van der Waals surface area (Å²) in [5.41, 5.74) is 7.63. The van der Waals surface area contributed by atoms with Gasteiger partial charge in [-0.3, -0.25) is 4.79 Å². The molecule has 0 saturated heterocycles. The number of amides is 1. The number of carbonyl (C=O) groups excluding carboxylic acids is 1. The first-order valence-electron chi connectivity index (χ1n) is 5.97. The van der Waals surface area contributed by atoms with Crippen molar-refractivity contribution < 1.29 is 4.79 Å². The minimum Gasteiger partial charge on any atom is -0.382 e. The standard InChI is InChI=1S/C14H15ClN4O/c1-19(2)11-5-3-10(4-6-11)18-14(20)9-7-12(15)13(16)17-8-9/h3-8H,1-2H3,(H2,16,17)(H,18,20). The van der Waals surface area contributed by atoms with Gasteiger partial charge in [-0.25, -0.2) is 4.98 Å². The zero-order valence-corrected chi connectivity index (χ0v) is 12.0. The van der Waals surface area contributed by atoms with Crippen molar-refractivity contribution >= 4 is 34.7 Å². The number of nitrogen functional groups attached to an aromatic ring is 1. The Morgan fingerprint density at radius 2 is 1.95 bits per heavy atom. The Hall–Kier alpha value is -2.27. The molecule has 1 heterocycles. The van der Waals surface area contributed by atoms with Crippen molar-refractivity contribution in [3.63, 3.8) is 0 Å². The highest BCUT2D eigenvalue weighted by Crippen LogP contribution is 2.19. The number of hydrogen-bond acceptors (Lipinski definition) is 4. The number of nitrogens with zero attached hydrogens (tertiary/aromatic N) is 2. The number of rotatable bonds is 3. The van der Waals surface area contributed by atoms with E-state index in [-0.39, 0.29) is 16.7 Å². The second-order valence-corrected chi connectivity index (χ2v) is 4.89. The van der Waals surface area contributed by atoms with Crippen LogP contribution in [0.15, 0.2) is 36.5 Å². The lowest BCUT2D eigenvalue weighted by Gasteiger charge is -2.13. The molecule has 1 aromatic carbocycles. The van der Waals surface area contributed by atoms with E-state index in [1.165, 1.54) is 12.3 Å². The Morgan fingerprint density at radius 1 is 1.30 bits per heavy atom. The molecule has 0 bridgehead atoms. The van der Waals surface area contributed by atoms with Crippen LogP contribution in [0.1, 0.15) is 10.4 Å². The summed E-state index contributed by atoms with van der Waals surface area (Å²) in [6.45, 7) is 0. The third-order valence-corrected chi connectivity index (χ3v) is 3.08. The maximum Gasteiger partial charge on any atom is 0.257 e. The molecule has 5 nitrogen and oxygen atoms in total. The van der Waals surface area contributed by atoms with Gasteiger partial charge in [0, 0.05) is 31.7 Å². The van der Waals surface area contributed by atoms with Crippen LogP contribution in [0.5, 0.6) is 0 Å². The zero-order chi connectivity index (χ0) is 14.7. The molecule has 3 N–H and O–H groups in total. The minimum atomic E-state index is -0.281. The summed E-state index contributed by atoms with van der Waals surface area (Å²) in [6.07, 6.45) is 1.39. The van der Waals surface area contributed by atoms with Crippen molar-refractivity contribution in [1.29, 1.82) is 0 Å². The van der Waals surface area contributed by atoms with Gasteiger partial charge in [-0.2, -0.15) is 0 Å². The van der Waals surface area contributed by atoms with Crippen LogP contribution < -0.4 is 16.0 Å². The predicted molar refractivity (Wildman–Crippen MR) is 82.4 cm³/mol. The Labute approximate surface area is 122 Å². The van der Waals surface area contributed by atoms with Gasteiger partial charge in [-0.05, 0) is 30.3 Å². The van der Waals surface area contributed by atoms with E-state index in [2.05, 4.69) is 10.3 Å². The largest absolute Gasteiger partial charge is 0.382 e. The van der Waals surface area contributed by atoms with Gasteiger partial charge in [-0.15, -0.1) is 0 Å². The number of aromatic nitrogens is 1. The summed E-state index contributed by atoms with van der Waals surface area (Å²) in [6, 6.07) is 9.00. The molecule has 0 saturated carbocycles. The van der Waals surface area contributed by atoms with Crippen LogP contribution in [-0.4, -0.2) is 25.0 Å². The van der Waals surface area contributed by atoms with Crippen molar-refractivity contribution in [3.8, 4) is 0 Å². The summed E-state index contributed by atoms with van der Waals surface area (Å²) in [5, 5.41) is 3.04. The number of benzene rings is 1. The molecule has 0 aliphatic rings. The molecule has 0 unspecified atom stereocenters. The number of pyridine rings is 1. The molecule has 0 aliphatic carbocycles. The predicted octanol–water partition coefficient (Wildman–Crippen LogP) is 2.64. The third kappa shape index (κ3) is 3.19. The van der Waals surface area contributed by atoms with E-state index in [4.69, 9.17) is 17.3 Å². The van der Waals surface area contributed by atoms with Crippen molar-refractivity contribution in [2.24, 2.45) is 0 Å². The maximum atomic E-state index is 12.0. The van der Waals surface area contributed by atoms with E-state index in [0.29, 0.717) is 11.3 Å². The fraction of sp³-hybridized carbons (Fsp3) is 0.143. The van der Waals surface area contributed by atoms with E-state index in [9.17, 15) is 4.79 Å². The molecule has 6 heteroatoms. The summed E-state index contributed by atoms with van der Waals surface area (Å²) >= 11 is 5.84. The average Bonchev–Trinajstić information content (AvgIpc) is 2.42. The van der Waals surface area contributed by atoms with E-state index in [1.807, 2.05) is 43.3 Å². The molecule has 1 aromatic heterocycles. The lowest BCUT2D eigenvalue weighted by atomic mass is 10.2. The average molecular weight is 291 g/mol. The Bertz CT molecular complexity index is 626. The topological polar surface area (TPSA) is 71.2 Å². The summed E-state index contributed by atoms with van der Waals surface area (Å²) in [5.74, 6) is -0.0736. The van der Waals surface area contributed by atoms with Gasteiger partial charge in [0.15, 0.2) is 0 Å². The Balaban J connectivity index is 2.12. The Morgan fingerprint density at radius 3 is 2.50 bits per heavy atom. The van der Waals surface area contributed by atoms with Gasteiger partial charge in [0.25, 0.3) is 5.91 Å². The molecule has 0 aliphatic heterocycles. The number of carbonyl (C=O) groups is 1. The van der Waals surface area contributed by atoms with Crippen LogP contribution in [-0.2, 0) is 0 Å². The van der Waals surface area contributed by atoms with Gasteiger partial charge < -0.3 is 16.0 Å². The molecule has 0 fully saturated rings. The van der Waals surface area contributed by atoms with Gasteiger partial charge in [0.2, 0.25) is 0 Å². The van der Waals surface area contributed by atoms with Gasteiger partial charge in [0.1, 0.15) is 5.82 Å². The fourth-order valence-corrected chi connectivity index (χ4v) is 1.79. The molecule has 1 amide bonds.